The Morgan fingerprint density at radius 1 is 1.05 bits per heavy atom. The summed E-state index contributed by atoms with van der Waals surface area (Å²) >= 11 is 0. The zero-order valence-electron chi connectivity index (χ0n) is 12.8. The number of nitrogens with one attached hydrogen (secondary N) is 1. The van der Waals surface area contributed by atoms with Gasteiger partial charge in [0.05, 0.1) is 6.61 Å². The molecule has 0 aliphatic heterocycles. The lowest BCUT2D eigenvalue weighted by molar-refractivity contribution is 0.271. The average molecular weight is 287 g/mol. The van der Waals surface area contributed by atoms with Gasteiger partial charge >= 0.3 is 0 Å². The van der Waals surface area contributed by atoms with Crippen LogP contribution in [0.2, 0.25) is 0 Å². The molecule has 0 spiro atoms. The Morgan fingerprint density at radius 2 is 1.81 bits per heavy atom. The molecule has 0 heterocycles. The number of benzene rings is 2. The van der Waals surface area contributed by atoms with Crippen LogP contribution in [0.5, 0.6) is 5.75 Å². The number of ether oxygens (including phenoxy) is 1. The van der Waals surface area contributed by atoms with Crippen LogP contribution in [0.1, 0.15) is 32.4 Å². The third kappa shape index (κ3) is 4.78. The Bertz CT molecular complexity index is 583. The van der Waals surface area contributed by atoms with E-state index in [0.717, 1.165) is 17.0 Å². The summed E-state index contributed by atoms with van der Waals surface area (Å²) in [5.41, 5.74) is 1.89. The van der Waals surface area contributed by atoms with Crippen LogP contribution < -0.4 is 10.1 Å². The molecule has 0 saturated heterocycles. The van der Waals surface area contributed by atoms with Crippen molar-refractivity contribution in [3.63, 3.8) is 0 Å². The van der Waals surface area contributed by atoms with E-state index < -0.39 is 0 Å². The lowest BCUT2D eigenvalue weighted by Crippen LogP contribution is -2.08. The van der Waals surface area contributed by atoms with Crippen molar-refractivity contribution in [1.82, 2.24) is 0 Å². The maximum Gasteiger partial charge on any atom is 0.123 e. The quantitative estimate of drug-likeness (QED) is 0.804. The number of rotatable bonds is 6. The van der Waals surface area contributed by atoms with Crippen LogP contribution in [0.4, 0.5) is 10.1 Å². The molecule has 3 heteroatoms. The van der Waals surface area contributed by atoms with Crippen LogP contribution in [-0.2, 0) is 0 Å². The molecule has 2 nitrogen and oxygen atoms in total. The van der Waals surface area contributed by atoms with Crippen molar-refractivity contribution in [3.8, 4) is 5.75 Å². The second kappa shape index (κ2) is 7.11. The summed E-state index contributed by atoms with van der Waals surface area (Å²) in [6, 6.07) is 14.5. The van der Waals surface area contributed by atoms with Gasteiger partial charge in [-0.25, -0.2) is 4.39 Å². The summed E-state index contributed by atoms with van der Waals surface area (Å²) in [6.07, 6.45) is 0. The van der Waals surface area contributed by atoms with E-state index in [-0.39, 0.29) is 11.9 Å². The molecule has 0 amide bonds. The first kappa shape index (κ1) is 15.4. The van der Waals surface area contributed by atoms with E-state index in [1.54, 1.807) is 12.1 Å². The fraction of sp³-hybridized carbons (Fsp3) is 0.333. The maximum absolute atomic E-state index is 13.3. The van der Waals surface area contributed by atoms with E-state index in [0.29, 0.717) is 12.5 Å². The molecule has 2 aromatic rings. The Balaban J connectivity index is 2.03. The molecule has 0 aliphatic rings. The molecule has 2 rings (SSSR count). The van der Waals surface area contributed by atoms with Crippen molar-refractivity contribution >= 4 is 5.69 Å². The highest BCUT2D eigenvalue weighted by atomic mass is 19.1. The van der Waals surface area contributed by atoms with Gasteiger partial charge in [0.15, 0.2) is 0 Å². The van der Waals surface area contributed by atoms with Gasteiger partial charge in [-0.2, -0.15) is 0 Å². The van der Waals surface area contributed by atoms with Crippen LogP contribution in [0.15, 0.2) is 48.5 Å². The summed E-state index contributed by atoms with van der Waals surface area (Å²) in [5.74, 6) is 1.13. The summed E-state index contributed by atoms with van der Waals surface area (Å²) in [6.45, 7) is 6.95. The first-order chi connectivity index (χ1) is 10.0. The van der Waals surface area contributed by atoms with E-state index in [1.165, 1.54) is 6.07 Å². The van der Waals surface area contributed by atoms with Crippen molar-refractivity contribution < 1.29 is 9.13 Å². The van der Waals surface area contributed by atoms with Crippen molar-refractivity contribution in [2.75, 3.05) is 11.9 Å². The van der Waals surface area contributed by atoms with Crippen LogP contribution in [-0.4, -0.2) is 6.61 Å². The van der Waals surface area contributed by atoms with Crippen molar-refractivity contribution in [2.45, 2.75) is 26.8 Å². The van der Waals surface area contributed by atoms with Gasteiger partial charge in [-0.1, -0.05) is 32.0 Å². The van der Waals surface area contributed by atoms with E-state index in [4.69, 9.17) is 4.74 Å². The minimum atomic E-state index is -0.213. The summed E-state index contributed by atoms with van der Waals surface area (Å²) in [4.78, 5) is 0. The zero-order chi connectivity index (χ0) is 15.2. The van der Waals surface area contributed by atoms with Gasteiger partial charge in [0, 0.05) is 17.8 Å². The summed E-state index contributed by atoms with van der Waals surface area (Å²) < 4.78 is 19.0. The van der Waals surface area contributed by atoms with Gasteiger partial charge in [-0.15, -0.1) is 0 Å². The first-order valence-corrected chi connectivity index (χ1v) is 7.29. The Labute approximate surface area is 126 Å². The molecule has 0 aliphatic carbocycles. The highest BCUT2D eigenvalue weighted by Gasteiger charge is 2.07. The monoisotopic (exact) mass is 287 g/mol. The lowest BCUT2D eigenvalue weighted by Gasteiger charge is -2.17. The van der Waals surface area contributed by atoms with Gasteiger partial charge in [-0.05, 0) is 42.7 Å². The Hall–Kier alpha value is -2.03. The third-order valence-corrected chi connectivity index (χ3v) is 3.15. The Kier molecular flexibility index (Phi) is 5.20. The van der Waals surface area contributed by atoms with E-state index in [2.05, 4.69) is 19.2 Å². The fourth-order valence-electron chi connectivity index (χ4n) is 2.05. The molecule has 1 N–H and O–H groups in total. The van der Waals surface area contributed by atoms with Gasteiger partial charge in [0.1, 0.15) is 11.6 Å². The number of hydrogen-bond acceptors (Lipinski definition) is 2. The van der Waals surface area contributed by atoms with Crippen molar-refractivity contribution in [3.05, 3.63) is 59.9 Å². The minimum absolute atomic E-state index is 0.0287. The van der Waals surface area contributed by atoms with Crippen LogP contribution in [0, 0.1) is 11.7 Å². The SMILES string of the molecule is CC(C)COc1cccc(NC(C)c2cccc(F)c2)c1. The second-order valence-corrected chi connectivity index (χ2v) is 5.65. The molecule has 112 valence electrons. The number of halogens is 1. The molecule has 1 unspecified atom stereocenters. The second-order valence-electron chi connectivity index (χ2n) is 5.65. The predicted octanol–water partition coefficient (Wildman–Crippen LogP) is 5.03. The molecule has 0 bridgehead atoms. The molecule has 1 atom stereocenters. The molecule has 21 heavy (non-hydrogen) atoms. The lowest BCUT2D eigenvalue weighted by atomic mass is 10.1. The molecule has 0 fully saturated rings. The average Bonchev–Trinajstić information content (AvgIpc) is 2.45. The van der Waals surface area contributed by atoms with E-state index in [9.17, 15) is 4.39 Å². The maximum atomic E-state index is 13.3. The van der Waals surface area contributed by atoms with Crippen molar-refractivity contribution in [1.29, 1.82) is 0 Å². The predicted molar refractivity (Wildman–Crippen MR) is 85.2 cm³/mol. The molecule has 2 aromatic carbocycles. The highest BCUT2D eigenvalue weighted by molar-refractivity contribution is 5.49. The van der Waals surface area contributed by atoms with E-state index >= 15 is 0 Å². The largest absolute Gasteiger partial charge is 0.493 e. The standard InChI is InChI=1S/C18H22FNO/c1-13(2)12-21-18-9-5-8-17(11-18)20-14(3)15-6-4-7-16(19)10-15/h4-11,13-14,20H,12H2,1-3H3. The molecular weight excluding hydrogens is 265 g/mol. The normalized spacial score (nSPS) is 12.2. The smallest absolute Gasteiger partial charge is 0.123 e. The molecular formula is C18H22FNO. The Morgan fingerprint density at radius 3 is 2.52 bits per heavy atom. The first-order valence-electron chi connectivity index (χ1n) is 7.29. The number of anilines is 1. The third-order valence-electron chi connectivity index (χ3n) is 3.15. The highest BCUT2D eigenvalue weighted by Crippen LogP contribution is 2.23. The van der Waals surface area contributed by atoms with Gasteiger partial charge < -0.3 is 10.1 Å². The van der Waals surface area contributed by atoms with Crippen LogP contribution in [0.3, 0.4) is 0 Å². The van der Waals surface area contributed by atoms with Gasteiger partial charge in [0.2, 0.25) is 0 Å². The van der Waals surface area contributed by atoms with Crippen LogP contribution in [0.25, 0.3) is 0 Å². The zero-order valence-corrected chi connectivity index (χ0v) is 12.8. The van der Waals surface area contributed by atoms with Crippen molar-refractivity contribution in [2.24, 2.45) is 5.92 Å². The molecule has 0 radical (unpaired) electrons. The summed E-state index contributed by atoms with van der Waals surface area (Å²) in [7, 11) is 0. The topological polar surface area (TPSA) is 21.3 Å². The summed E-state index contributed by atoms with van der Waals surface area (Å²) in [5, 5.41) is 3.37. The van der Waals surface area contributed by atoms with Crippen LogP contribution >= 0.6 is 0 Å². The molecule has 0 aromatic heterocycles. The molecule has 0 saturated carbocycles. The minimum Gasteiger partial charge on any atom is -0.493 e. The number of hydrogen-bond donors (Lipinski definition) is 1. The van der Waals surface area contributed by atoms with E-state index in [1.807, 2.05) is 37.3 Å². The van der Waals surface area contributed by atoms with Gasteiger partial charge in [0.25, 0.3) is 0 Å². The fourth-order valence-corrected chi connectivity index (χ4v) is 2.05. The van der Waals surface area contributed by atoms with Gasteiger partial charge in [-0.3, -0.25) is 0 Å².